The number of carbonyl (C=O) groups is 1. The maximum atomic E-state index is 12.9. The molecule has 0 aliphatic rings. The van der Waals surface area contributed by atoms with Crippen LogP contribution in [0.1, 0.15) is 10.4 Å². The fraction of sp³-hybridized carbons (Fsp3) is 0.136. The van der Waals surface area contributed by atoms with E-state index in [4.69, 9.17) is 19.4 Å². The summed E-state index contributed by atoms with van der Waals surface area (Å²) in [7, 11) is 4.45. The van der Waals surface area contributed by atoms with Crippen molar-refractivity contribution in [2.24, 2.45) is 0 Å². The largest absolute Gasteiger partial charge is 0.595 e. The number of methoxy groups -OCH3 is 3. The van der Waals surface area contributed by atoms with Crippen molar-refractivity contribution in [1.29, 1.82) is 0 Å². The summed E-state index contributed by atoms with van der Waals surface area (Å²) >= 11 is 3.41. The lowest BCUT2D eigenvalue weighted by Crippen LogP contribution is -2.99. The SMILES string of the molecule is COc1cc(C(=O)Nc2ccc(-c3ccc([NH+]([O-])O)cc3)cc2)c(Br)c(OC)c1OC. The molecule has 0 aromatic heterocycles. The second-order valence-corrected chi connectivity index (χ2v) is 7.21. The van der Waals surface area contributed by atoms with Gasteiger partial charge in [-0.25, -0.2) is 5.21 Å². The molecule has 0 heterocycles. The quantitative estimate of drug-likeness (QED) is 0.437. The van der Waals surface area contributed by atoms with Gasteiger partial charge >= 0.3 is 0 Å². The molecule has 0 aliphatic heterocycles. The van der Waals surface area contributed by atoms with E-state index in [1.54, 1.807) is 42.5 Å². The molecule has 3 N–H and O–H groups in total. The average Bonchev–Trinajstić information content (AvgIpc) is 2.79. The molecule has 0 saturated heterocycles. The van der Waals surface area contributed by atoms with Gasteiger partial charge in [0.05, 0.1) is 31.4 Å². The number of ether oxygens (including phenoxy) is 3. The highest BCUT2D eigenvalue weighted by molar-refractivity contribution is 9.10. The molecule has 162 valence electrons. The summed E-state index contributed by atoms with van der Waals surface area (Å²) in [5.41, 5.74) is 2.90. The lowest BCUT2D eigenvalue weighted by molar-refractivity contribution is -0.991. The Morgan fingerprint density at radius 3 is 1.97 bits per heavy atom. The first-order valence-electron chi connectivity index (χ1n) is 9.13. The number of benzene rings is 3. The minimum absolute atomic E-state index is 0.226. The Bertz CT molecular complexity index is 1070. The predicted molar refractivity (Wildman–Crippen MR) is 119 cm³/mol. The van der Waals surface area contributed by atoms with Crippen LogP contribution < -0.4 is 24.8 Å². The molecule has 3 aromatic carbocycles. The minimum atomic E-state index is -0.970. The van der Waals surface area contributed by atoms with E-state index in [1.165, 1.54) is 21.3 Å². The highest BCUT2D eigenvalue weighted by atomic mass is 79.9. The Kier molecular flexibility index (Phi) is 7.13. The number of hydrogen-bond acceptors (Lipinski definition) is 6. The number of quaternary nitrogens is 1. The zero-order chi connectivity index (χ0) is 22.5. The number of halogens is 1. The van der Waals surface area contributed by atoms with Gasteiger partial charge in [0.2, 0.25) is 5.75 Å². The molecule has 0 saturated carbocycles. The third-order valence-corrected chi connectivity index (χ3v) is 5.41. The summed E-state index contributed by atoms with van der Waals surface area (Å²) in [5, 5.41) is 21.9. The first-order valence-corrected chi connectivity index (χ1v) is 9.92. The van der Waals surface area contributed by atoms with Gasteiger partial charge in [-0.1, -0.05) is 12.1 Å². The van der Waals surface area contributed by atoms with E-state index in [1.807, 2.05) is 12.1 Å². The van der Waals surface area contributed by atoms with E-state index in [0.717, 1.165) is 11.1 Å². The fourth-order valence-electron chi connectivity index (χ4n) is 3.04. The van der Waals surface area contributed by atoms with Crippen LogP contribution in [0.4, 0.5) is 11.4 Å². The van der Waals surface area contributed by atoms with Crippen LogP contribution in [-0.4, -0.2) is 32.4 Å². The molecule has 3 rings (SSSR count). The van der Waals surface area contributed by atoms with Crippen LogP contribution in [0.25, 0.3) is 11.1 Å². The van der Waals surface area contributed by atoms with Gasteiger partial charge in [-0.3, -0.25) is 4.79 Å². The van der Waals surface area contributed by atoms with E-state index in [-0.39, 0.29) is 11.6 Å². The zero-order valence-electron chi connectivity index (χ0n) is 17.1. The van der Waals surface area contributed by atoms with Crippen LogP contribution in [-0.2, 0) is 0 Å². The molecule has 0 fully saturated rings. The van der Waals surface area contributed by atoms with Crippen molar-refractivity contribution in [2.75, 3.05) is 26.6 Å². The Balaban J connectivity index is 1.82. The highest BCUT2D eigenvalue weighted by Crippen LogP contribution is 2.44. The molecule has 8 nitrogen and oxygen atoms in total. The third kappa shape index (κ3) is 4.80. The Hall–Kier alpha value is -3.11. The Labute approximate surface area is 187 Å². The fourth-order valence-corrected chi connectivity index (χ4v) is 3.67. The van der Waals surface area contributed by atoms with Crippen molar-refractivity contribution in [1.82, 2.24) is 0 Å². The summed E-state index contributed by atoms with van der Waals surface area (Å²) < 4.78 is 16.5. The van der Waals surface area contributed by atoms with Crippen LogP contribution in [0.3, 0.4) is 0 Å². The van der Waals surface area contributed by atoms with Gasteiger partial charge in [0.25, 0.3) is 5.91 Å². The van der Waals surface area contributed by atoms with Crippen molar-refractivity contribution in [3.05, 3.63) is 69.8 Å². The molecule has 3 aromatic rings. The molecule has 0 radical (unpaired) electrons. The molecule has 0 bridgehead atoms. The van der Waals surface area contributed by atoms with Crippen LogP contribution in [0.5, 0.6) is 17.2 Å². The van der Waals surface area contributed by atoms with E-state index < -0.39 is 5.23 Å². The molecule has 1 amide bonds. The number of nitrogens with one attached hydrogen (secondary N) is 2. The van der Waals surface area contributed by atoms with Gasteiger partial charge in [0.1, 0.15) is 0 Å². The van der Waals surface area contributed by atoms with Crippen molar-refractivity contribution in [3.8, 4) is 28.4 Å². The molecule has 0 aliphatic carbocycles. The minimum Gasteiger partial charge on any atom is -0.595 e. The van der Waals surface area contributed by atoms with Gasteiger partial charge in [0, 0.05) is 17.8 Å². The van der Waals surface area contributed by atoms with Crippen molar-refractivity contribution >= 4 is 33.2 Å². The normalized spacial score (nSPS) is 11.5. The van der Waals surface area contributed by atoms with Crippen molar-refractivity contribution < 1.29 is 29.4 Å². The van der Waals surface area contributed by atoms with Gasteiger partial charge < -0.3 is 24.7 Å². The summed E-state index contributed by atoms with van der Waals surface area (Å²) in [6, 6.07) is 15.4. The number of hydrogen-bond donors (Lipinski definition) is 3. The zero-order valence-corrected chi connectivity index (χ0v) is 18.6. The second-order valence-electron chi connectivity index (χ2n) is 6.42. The lowest BCUT2D eigenvalue weighted by Gasteiger charge is -2.16. The average molecular weight is 489 g/mol. The summed E-state index contributed by atoms with van der Waals surface area (Å²) in [4.78, 5) is 12.9. The van der Waals surface area contributed by atoms with Crippen molar-refractivity contribution in [2.45, 2.75) is 0 Å². The van der Waals surface area contributed by atoms with Gasteiger partial charge in [-0.05, 0) is 57.4 Å². The second kappa shape index (κ2) is 9.80. The molecule has 9 heteroatoms. The van der Waals surface area contributed by atoms with Gasteiger partial charge in [-0.2, -0.15) is 5.23 Å². The molecule has 31 heavy (non-hydrogen) atoms. The standard InChI is InChI=1S/C22H21BrN2O6/c1-29-18-12-17(19(23)21(31-3)20(18)30-2)22(26)24-15-8-4-13(5-9-15)14-6-10-16(11-7-14)25(27)28/h4-12,25,27H,1-3H3,(H,24,26). The van der Waals surface area contributed by atoms with E-state index in [0.29, 0.717) is 33.0 Å². The maximum absolute atomic E-state index is 12.9. The van der Waals surface area contributed by atoms with Crippen LogP contribution in [0.15, 0.2) is 59.1 Å². The van der Waals surface area contributed by atoms with E-state index >= 15 is 0 Å². The lowest BCUT2D eigenvalue weighted by atomic mass is 10.0. The maximum Gasteiger partial charge on any atom is 0.257 e. The highest BCUT2D eigenvalue weighted by Gasteiger charge is 2.23. The van der Waals surface area contributed by atoms with E-state index in [2.05, 4.69) is 21.2 Å². The molecule has 0 spiro atoms. The Morgan fingerprint density at radius 2 is 1.48 bits per heavy atom. The Morgan fingerprint density at radius 1 is 0.935 bits per heavy atom. The molecular formula is C22H21BrN2O6. The third-order valence-electron chi connectivity index (χ3n) is 4.62. The summed E-state index contributed by atoms with van der Waals surface area (Å²) in [5.74, 6) is 0.747. The topological polar surface area (TPSA) is 105 Å². The molecular weight excluding hydrogens is 468 g/mol. The number of amides is 1. The smallest absolute Gasteiger partial charge is 0.257 e. The van der Waals surface area contributed by atoms with Crippen molar-refractivity contribution in [3.63, 3.8) is 0 Å². The summed E-state index contributed by atoms with van der Waals surface area (Å²) in [6.07, 6.45) is 0. The number of rotatable bonds is 7. The predicted octanol–water partition coefficient (Wildman–Crippen LogP) is 3.80. The first kappa shape index (κ1) is 22.6. The number of anilines is 1. The van der Waals surface area contributed by atoms with Gasteiger partial charge in [-0.15, -0.1) is 0 Å². The van der Waals surface area contributed by atoms with Crippen LogP contribution >= 0.6 is 15.9 Å². The van der Waals surface area contributed by atoms with Crippen LogP contribution in [0, 0.1) is 5.21 Å². The molecule has 1 unspecified atom stereocenters. The summed E-state index contributed by atoms with van der Waals surface area (Å²) in [6.45, 7) is 0. The monoisotopic (exact) mass is 488 g/mol. The van der Waals surface area contributed by atoms with E-state index in [9.17, 15) is 10.0 Å². The number of carbonyl (C=O) groups excluding carboxylic acids is 1. The molecule has 1 atom stereocenters. The first-order chi connectivity index (χ1) is 14.9. The van der Waals surface area contributed by atoms with Gasteiger partial charge in [0.15, 0.2) is 17.2 Å². The van der Waals surface area contributed by atoms with Crippen LogP contribution in [0.2, 0.25) is 0 Å².